The summed E-state index contributed by atoms with van der Waals surface area (Å²) < 4.78 is 26.0. The van der Waals surface area contributed by atoms with Gasteiger partial charge in [0.15, 0.2) is 12.0 Å². The number of aryl methyl sites for hydroxylation is 1. The van der Waals surface area contributed by atoms with Gasteiger partial charge in [0.05, 0.1) is 13.2 Å². The molecule has 0 amide bonds. The van der Waals surface area contributed by atoms with Gasteiger partial charge in [-0.05, 0) is 62.0 Å². The summed E-state index contributed by atoms with van der Waals surface area (Å²) in [7, 11) is 0. The quantitative estimate of drug-likeness (QED) is 0.559. The summed E-state index contributed by atoms with van der Waals surface area (Å²) in [5.41, 5.74) is 1.55. The zero-order valence-electron chi connectivity index (χ0n) is 16.1. The van der Waals surface area contributed by atoms with E-state index < -0.39 is 5.67 Å². The van der Waals surface area contributed by atoms with Crippen molar-refractivity contribution < 1.29 is 13.9 Å². The molecule has 0 spiro atoms. The van der Waals surface area contributed by atoms with Crippen LogP contribution in [0.4, 0.5) is 4.39 Å². The van der Waals surface area contributed by atoms with Gasteiger partial charge in [-0.1, -0.05) is 43.7 Å². The van der Waals surface area contributed by atoms with E-state index >= 15 is 0 Å². The maximum atomic E-state index is 14.5. The molecule has 0 atom stereocenters. The van der Waals surface area contributed by atoms with Gasteiger partial charge in [0.1, 0.15) is 0 Å². The number of rotatable bonds is 7. The fourth-order valence-electron chi connectivity index (χ4n) is 4.37. The first-order chi connectivity index (χ1) is 12.6. The predicted octanol–water partition coefficient (Wildman–Crippen LogP) is 5.96. The molecule has 26 heavy (non-hydrogen) atoms. The lowest BCUT2D eigenvalue weighted by atomic mass is 9.78. The van der Waals surface area contributed by atoms with Crippen LogP contribution >= 0.6 is 0 Å². The van der Waals surface area contributed by atoms with Crippen molar-refractivity contribution >= 4 is 0 Å². The van der Waals surface area contributed by atoms with Crippen molar-refractivity contribution in [2.24, 2.45) is 5.92 Å². The van der Waals surface area contributed by atoms with Gasteiger partial charge in [-0.3, -0.25) is 0 Å². The van der Waals surface area contributed by atoms with E-state index in [0.717, 1.165) is 44.9 Å². The monoisotopic (exact) mass is 360 g/mol. The third-order valence-electron chi connectivity index (χ3n) is 5.96. The number of halogens is 1. The second-order valence-corrected chi connectivity index (χ2v) is 8.07. The Kier molecular flexibility index (Phi) is 6.88. The Hall–Kier alpha value is -1.19. The van der Waals surface area contributed by atoms with Crippen LogP contribution in [-0.4, -0.2) is 25.2 Å². The van der Waals surface area contributed by atoms with Crippen LogP contribution in [0.1, 0.15) is 68.9 Å². The zero-order valence-corrected chi connectivity index (χ0v) is 16.1. The van der Waals surface area contributed by atoms with Crippen molar-refractivity contribution in [1.82, 2.24) is 0 Å². The summed E-state index contributed by atoms with van der Waals surface area (Å²) in [6, 6.07) is 9.10. The summed E-state index contributed by atoms with van der Waals surface area (Å²) in [6.07, 6.45) is 9.73. The van der Waals surface area contributed by atoms with Crippen LogP contribution in [0.3, 0.4) is 0 Å². The van der Waals surface area contributed by atoms with Crippen LogP contribution in [0.25, 0.3) is 0 Å². The molecule has 144 valence electrons. The summed E-state index contributed by atoms with van der Waals surface area (Å²) in [4.78, 5) is 0. The van der Waals surface area contributed by atoms with Crippen molar-refractivity contribution in [3.05, 3.63) is 48.0 Å². The molecule has 0 N–H and O–H groups in total. The summed E-state index contributed by atoms with van der Waals surface area (Å²) in [6.45, 7) is 6.17. The lowest BCUT2D eigenvalue weighted by Gasteiger charge is -2.40. The molecule has 0 unspecified atom stereocenters. The lowest BCUT2D eigenvalue weighted by Crippen LogP contribution is -2.46. The molecule has 2 fully saturated rings. The maximum absolute atomic E-state index is 14.5. The van der Waals surface area contributed by atoms with Crippen molar-refractivity contribution in [2.45, 2.75) is 76.2 Å². The van der Waals surface area contributed by atoms with Crippen molar-refractivity contribution in [3.63, 3.8) is 0 Å². The minimum atomic E-state index is -1.28. The highest BCUT2D eigenvalue weighted by Crippen LogP contribution is 2.39. The molecule has 2 aliphatic rings. The number of allylic oxidation sites excluding steroid dienone is 1. The average molecular weight is 361 g/mol. The van der Waals surface area contributed by atoms with Gasteiger partial charge in [0.2, 0.25) is 0 Å². The fourth-order valence-corrected chi connectivity index (χ4v) is 4.37. The number of hydrogen-bond donors (Lipinski definition) is 0. The number of benzene rings is 1. The Bertz CT molecular complexity index is 552. The molecule has 2 nitrogen and oxygen atoms in total. The van der Waals surface area contributed by atoms with Gasteiger partial charge >= 0.3 is 0 Å². The smallest absolute Gasteiger partial charge is 0.160 e. The number of alkyl halides is 1. The van der Waals surface area contributed by atoms with Gasteiger partial charge in [-0.2, -0.15) is 0 Å². The van der Waals surface area contributed by atoms with E-state index in [4.69, 9.17) is 9.47 Å². The van der Waals surface area contributed by atoms with Crippen LogP contribution < -0.4 is 0 Å². The molecular weight excluding hydrogens is 327 g/mol. The van der Waals surface area contributed by atoms with Gasteiger partial charge in [-0.25, -0.2) is 4.39 Å². The molecule has 1 aliphatic carbocycles. The second-order valence-electron chi connectivity index (χ2n) is 8.07. The highest BCUT2D eigenvalue weighted by molar-refractivity contribution is 5.26. The van der Waals surface area contributed by atoms with Crippen molar-refractivity contribution in [3.8, 4) is 0 Å². The largest absolute Gasteiger partial charge is 0.349 e. The third kappa shape index (κ3) is 4.95. The molecule has 1 saturated heterocycles. The second kappa shape index (κ2) is 9.14. The molecule has 0 aromatic heterocycles. The Morgan fingerprint density at radius 2 is 1.77 bits per heavy atom. The molecule has 0 radical (unpaired) electrons. The zero-order chi connectivity index (χ0) is 18.4. The predicted molar refractivity (Wildman–Crippen MR) is 104 cm³/mol. The standard InChI is InChI=1S/C23H33FO2/c1-3-5-6-18-7-9-19(10-8-18)20-11-13-21(14-12-20)22-25-16-23(24,15-4-2)17-26-22/h3,7-10,20-22H,1,4-6,11-17H2,2H3. The third-order valence-corrected chi connectivity index (χ3v) is 5.96. The van der Waals surface area contributed by atoms with Crippen molar-refractivity contribution in [1.29, 1.82) is 0 Å². The summed E-state index contributed by atoms with van der Waals surface area (Å²) in [5, 5.41) is 0. The van der Waals surface area contributed by atoms with Crippen LogP contribution in [-0.2, 0) is 15.9 Å². The molecule has 1 aromatic rings. The molecule has 3 heteroatoms. The molecule has 1 heterocycles. The summed E-state index contributed by atoms with van der Waals surface area (Å²) in [5.74, 6) is 1.04. The lowest BCUT2D eigenvalue weighted by molar-refractivity contribution is -0.257. The molecule has 1 aliphatic heterocycles. The van der Waals surface area contributed by atoms with Crippen LogP contribution in [0.2, 0.25) is 0 Å². The van der Waals surface area contributed by atoms with E-state index in [1.165, 1.54) is 11.1 Å². The van der Waals surface area contributed by atoms with Gasteiger partial charge < -0.3 is 9.47 Å². The van der Waals surface area contributed by atoms with E-state index in [0.29, 0.717) is 18.3 Å². The molecule has 0 bridgehead atoms. The minimum Gasteiger partial charge on any atom is -0.349 e. The van der Waals surface area contributed by atoms with Gasteiger partial charge in [0, 0.05) is 5.92 Å². The van der Waals surface area contributed by atoms with E-state index in [1.807, 2.05) is 13.0 Å². The first kappa shape index (κ1) is 19.6. The van der Waals surface area contributed by atoms with E-state index in [2.05, 4.69) is 30.8 Å². The van der Waals surface area contributed by atoms with Gasteiger partial charge in [0.25, 0.3) is 0 Å². The minimum absolute atomic E-state index is 0.192. The fraction of sp³-hybridized carbons (Fsp3) is 0.652. The SMILES string of the molecule is C=CCCc1ccc(C2CCC(C3OCC(F)(CCC)CO3)CC2)cc1. The first-order valence-corrected chi connectivity index (χ1v) is 10.3. The van der Waals surface area contributed by atoms with Crippen LogP contribution in [0, 0.1) is 5.92 Å². The van der Waals surface area contributed by atoms with E-state index in [9.17, 15) is 4.39 Å². The van der Waals surface area contributed by atoms with Crippen LogP contribution in [0.15, 0.2) is 36.9 Å². The molecule has 1 saturated carbocycles. The van der Waals surface area contributed by atoms with Crippen LogP contribution in [0.5, 0.6) is 0 Å². The molecule has 1 aromatic carbocycles. The first-order valence-electron chi connectivity index (χ1n) is 10.3. The Morgan fingerprint density at radius 1 is 1.12 bits per heavy atom. The highest BCUT2D eigenvalue weighted by atomic mass is 19.1. The summed E-state index contributed by atoms with van der Waals surface area (Å²) >= 11 is 0. The van der Waals surface area contributed by atoms with E-state index in [1.54, 1.807) is 0 Å². The number of ether oxygens (including phenoxy) is 2. The topological polar surface area (TPSA) is 18.5 Å². The maximum Gasteiger partial charge on any atom is 0.160 e. The normalized spacial score (nSPS) is 32.3. The van der Waals surface area contributed by atoms with Crippen molar-refractivity contribution in [2.75, 3.05) is 13.2 Å². The average Bonchev–Trinajstić information content (AvgIpc) is 2.68. The number of hydrogen-bond acceptors (Lipinski definition) is 2. The molecule has 3 rings (SSSR count). The highest BCUT2D eigenvalue weighted by Gasteiger charge is 2.39. The van der Waals surface area contributed by atoms with E-state index in [-0.39, 0.29) is 19.5 Å². The molecular formula is C23H33FO2. The Balaban J connectivity index is 1.46. The van der Waals surface area contributed by atoms with Gasteiger partial charge in [-0.15, -0.1) is 6.58 Å². The Labute approximate surface area is 157 Å². The Morgan fingerprint density at radius 3 is 2.35 bits per heavy atom.